The fourth-order valence-corrected chi connectivity index (χ4v) is 3.29. The van der Waals surface area contributed by atoms with Crippen molar-refractivity contribution in [2.75, 3.05) is 26.7 Å². The Balaban J connectivity index is 1.52. The molecule has 1 aliphatic rings. The van der Waals surface area contributed by atoms with Crippen LogP contribution in [0.4, 0.5) is 4.39 Å². The number of amides is 1. The fraction of sp³-hybridized carbons (Fsp3) is 0.381. The molecule has 0 unspecified atom stereocenters. The standard InChI is InChI=1S/C21H25FN2O2/c1-21(11-12-24(2)15-21)14-23-20(25)16-7-9-18(10-8-16)26-13-17-5-3-4-6-19(17)22/h3-10H,11-15H2,1-2H3,(H,23,25)/t21-/m1/s1. The van der Waals surface area contributed by atoms with Crippen LogP contribution in [0.15, 0.2) is 48.5 Å². The lowest BCUT2D eigenvalue weighted by molar-refractivity contribution is 0.0935. The van der Waals surface area contributed by atoms with Crippen molar-refractivity contribution >= 4 is 5.91 Å². The monoisotopic (exact) mass is 356 g/mol. The summed E-state index contributed by atoms with van der Waals surface area (Å²) in [4.78, 5) is 14.6. The number of benzene rings is 2. The molecule has 3 rings (SSSR count). The van der Waals surface area contributed by atoms with Crippen LogP contribution in [0.2, 0.25) is 0 Å². The number of nitrogens with zero attached hydrogens (tertiary/aromatic N) is 1. The highest BCUT2D eigenvalue weighted by Crippen LogP contribution is 2.28. The Labute approximate surface area is 154 Å². The van der Waals surface area contributed by atoms with E-state index < -0.39 is 0 Å². The van der Waals surface area contributed by atoms with E-state index in [1.807, 2.05) is 0 Å². The Bertz CT molecular complexity index is 763. The lowest BCUT2D eigenvalue weighted by Gasteiger charge is -2.24. The van der Waals surface area contributed by atoms with Crippen molar-refractivity contribution in [3.8, 4) is 5.75 Å². The minimum absolute atomic E-state index is 0.0820. The van der Waals surface area contributed by atoms with Crippen molar-refractivity contribution in [1.82, 2.24) is 10.2 Å². The maximum atomic E-state index is 13.6. The van der Waals surface area contributed by atoms with Gasteiger partial charge in [-0.15, -0.1) is 0 Å². The lowest BCUT2D eigenvalue weighted by atomic mass is 9.90. The van der Waals surface area contributed by atoms with Gasteiger partial charge in [-0.1, -0.05) is 25.1 Å². The number of rotatable bonds is 6. The van der Waals surface area contributed by atoms with Gasteiger partial charge in [0, 0.05) is 24.2 Å². The summed E-state index contributed by atoms with van der Waals surface area (Å²) in [7, 11) is 2.10. The molecular formula is C21H25FN2O2. The van der Waals surface area contributed by atoms with Gasteiger partial charge in [-0.25, -0.2) is 4.39 Å². The Morgan fingerprint density at radius 1 is 1.23 bits per heavy atom. The van der Waals surface area contributed by atoms with Crippen LogP contribution < -0.4 is 10.1 Å². The van der Waals surface area contributed by atoms with Gasteiger partial charge in [0.25, 0.3) is 5.91 Å². The summed E-state index contributed by atoms with van der Waals surface area (Å²) < 4.78 is 19.2. The van der Waals surface area contributed by atoms with E-state index in [1.54, 1.807) is 42.5 Å². The van der Waals surface area contributed by atoms with Gasteiger partial charge in [0.1, 0.15) is 18.2 Å². The van der Waals surface area contributed by atoms with Crippen molar-refractivity contribution < 1.29 is 13.9 Å². The van der Waals surface area contributed by atoms with Gasteiger partial charge >= 0.3 is 0 Å². The third kappa shape index (κ3) is 4.61. The van der Waals surface area contributed by atoms with Crippen LogP contribution in [0.3, 0.4) is 0 Å². The molecule has 0 radical (unpaired) electrons. The van der Waals surface area contributed by atoms with Gasteiger partial charge in [0.05, 0.1) is 0 Å². The number of carbonyl (C=O) groups is 1. The molecule has 138 valence electrons. The molecule has 1 saturated heterocycles. The van der Waals surface area contributed by atoms with Crippen molar-refractivity contribution in [3.05, 3.63) is 65.5 Å². The van der Waals surface area contributed by atoms with Gasteiger partial charge in [0.15, 0.2) is 0 Å². The van der Waals surface area contributed by atoms with E-state index in [4.69, 9.17) is 4.74 Å². The lowest BCUT2D eigenvalue weighted by Crippen LogP contribution is -2.37. The summed E-state index contributed by atoms with van der Waals surface area (Å²) in [5.41, 5.74) is 1.23. The van der Waals surface area contributed by atoms with Crippen LogP contribution in [0, 0.1) is 11.2 Å². The van der Waals surface area contributed by atoms with Gasteiger partial charge in [0.2, 0.25) is 0 Å². The average Bonchev–Trinajstić information content (AvgIpc) is 2.99. The van der Waals surface area contributed by atoms with Gasteiger partial charge < -0.3 is 15.0 Å². The zero-order chi connectivity index (χ0) is 18.6. The largest absolute Gasteiger partial charge is 0.489 e. The van der Waals surface area contributed by atoms with E-state index in [2.05, 4.69) is 24.2 Å². The van der Waals surface area contributed by atoms with Gasteiger partial charge in [-0.05, 0) is 55.8 Å². The normalized spacial score (nSPS) is 20.1. The predicted molar refractivity (Wildman–Crippen MR) is 99.7 cm³/mol. The molecule has 0 aliphatic carbocycles. The van der Waals surface area contributed by atoms with E-state index in [9.17, 15) is 9.18 Å². The molecule has 1 fully saturated rings. The minimum Gasteiger partial charge on any atom is -0.489 e. The molecule has 1 N–H and O–H groups in total. The molecule has 0 spiro atoms. The van der Waals surface area contributed by atoms with Crippen LogP contribution in [0.25, 0.3) is 0 Å². The number of nitrogens with one attached hydrogen (secondary N) is 1. The number of carbonyl (C=O) groups excluding carboxylic acids is 1. The number of likely N-dealkylation sites (tertiary alicyclic amines) is 1. The van der Waals surface area contributed by atoms with E-state index in [1.165, 1.54) is 6.07 Å². The molecule has 0 aromatic heterocycles. The Morgan fingerprint density at radius 3 is 2.62 bits per heavy atom. The van der Waals surface area contributed by atoms with Crippen LogP contribution in [0.1, 0.15) is 29.3 Å². The van der Waals surface area contributed by atoms with E-state index in [-0.39, 0.29) is 23.7 Å². The Hall–Kier alpha value is -2.40. The van der Waals surface area contributed by atoms with E-state index in [0.29, 0.717) is 23.4 Å². The molecule has 1 atom stereocenters. The zero-order valence-electron chi connectivity index (χ0n) is 15.3. The third-order valence-electron chi connectivity index (χ3n) is 4.89. The SMILES string of the molecule is CN1CC[C@](C)(CNC(=O)c2ccc(OCc3ccccc3F)cc2)C1. The average molecular weight is 356 g/mol. The van der Waals surface area contributed by atoms with Crippen molar-refractivity contribution in [1.29, 1.82) is 0 Å². The third-order valence-corrected chi connectivity index (χ3v) is 4.89. The highest BCUT2D eigenvalue weighted by molar-refractivity contribution is 5.94. The summed E-state index contributed by atoms with van der Waals surface area (Å²) in [6, 6.07) is 13.5. The summed E-state index contributed by atoms with van der Waals surface area (Å²) in [6.45, 7) is 5.10. The molecule has 26 heavy (non-hydrogen) atoms. The van der Waals surface area contributed by atoms with Crippen LogP contribution in [-0.2, 0) is 6.61 Å². The molecule has 2 aromatic rings. The van der Waals surface area contributed by atoms with Crippen LogP contribution in [-0.4, -0.2) is 37.5 Å². The number of halogens is 1. The Morgan fingerprint density at radius 2 is 1.96 bits per heavy atom. The molecule has 1 heterocycles. The van der Waals surface area contributed by atoms with Crippen molar-refractivity contribution in [2.45, 2.75) is 20.0 Å². The molecule has 4 nitrogen and oxygen atoms in total. The van der Waals surface area contributed by atoms with Crippen molar-refractivity contribution in [3.63, 3.8) is 0 Å². The van der Waals surface area contributed by atoms with E-state index >= 15 is 0 Å². The molecule has 1 amide bonds. The summed E-state index contributed by atoms with van der Waals surface area (Å²) in [5.74, 6) is 0.241. The maximum Gasteiger partial charge on any atom is 0.251 e. The molecule has 0 saturated carbocycles. The topological polar surface area (TPSA) is 41.6 Å². The maximum absolute atomic E-state index is 13.6. The number of ether oxygens (including phenoxy) is 1. The molecule has 0 bridgehead atoms. The summed E-state index contributed by atoms with van der Waals surface area (Å²) in [6.07, 6.45) is 1.09. The quantitative estimate of drug-likeness (QED) is 0.862. The van der Waals surface area contributed by atoms with Crippen LogP contribution >= 0.6 is 0 Å². The van der Waals surface area contributed by atoms with Gasteiger partial charge in [-0.2, -0.15) is 0 Å². The molecule has 5 heteroatoms. The second kappa shape index (κ2) is 7.87. The summed E-state index contributed by atoms with van der Waals surface area (Å²) >= 11 is 0. The summed E-state index contributed by atoms with van der Waals surface area (Å²) in [5, 5.41) is 3.03. The smallest absolute Gasteiger partial charge is 0.251 e. The fourth-order valence-electron chi connectivity index (χ4n) is 3.29. The first-order valence-corrected chi connectivity index (χ1v) is 8.88. The second-order valence-corrected chi connectivity index (χ2v) is 7.39. The highest BCUT2D eigenvalue weighted by atomic mass is 19.1. The molecule has 2 aromatic carbocycles. The second-order valence-electron chi connectivity index (χ2n) is 7.39. The first-order valence-electron chi connectivity index (χ1n) is 8.88. The molecule has 1 aliphatic heterocycles. The van der Waals surface area contributed by atoms with E-state index in [0.717, 1.165) is 19.5 Å². The highest BCUT2D eigenvalue weighted by Gasteiger charge is 2.32. The first kappa shape index (κ1) is 18.4. The zero-order valence-corrected chi connectivity index (χ0v) is 15.3. The molecular weight excluding hydrogens is 331 g/mol. The predicted octanol–water partition coefficient (Wildman–Crippen LogP) is 3.48. The van der Waals surface area contributed by atoms with Crippen molar-refractivity contribution in [2.24, 2.45) is 5.41 Å². The number of hydrogen-bond acceptors (Lipinski definition) is 3. The number of hydrogen-bond donors (Lipinski definition) is 1. The first-order chi connectivity index (χ1) is 12.5. The Kier molecular flexibility index (Phi) is 5.57. The van der Waals surface area contributed by atoms with Crippen LogP contribution in [0.5, 0.6) is 5.75 Å². The minimum atomic E-state index is -0.283. The van der Waals surface area contributed by atoms with Gasteiger partial charge in [-0.3, -0.25) is 4.79 Å².